The van der Waals surface area contributed by atoms with Crippen LogP contribution >= 0.6 is 0 Å². The number of benzene rings is 3. The molecule has 0 saturated heterocycles. The molecule has 0 radical (unpaired) electrons. The van der Waals surface area contributed by atoms with Crippen LogP contribution < -0.4 is 20.7 Å². The molecular weight excluding hydrogens is 366 g/mol. The lowest BCUT2D eigenvalue weighted by molar-refractivity contribution is -0.119. The molecule has 0 saturated carbocycles. The number of ether oxygens (including phenoxy) is 1. The molecule has 3 rings (SSSR count). The molecule has 0 aromatic heterocycles. The predicted molar refractivity (Wildman–Crippen MR) is 114 cm³/mol. The Bertz CT molecular complexity index is 939. The monoisotopic (exact) mass is 389 g/mol. The van der Waals surface area contributed by atoms with Gasteiger partial charge in [0.25, 0.3) is 5.91 Å². The molecule has 6 nitrogen and oxygen atoms in total. The number of methoxy groups -OCH3 is 1. The Kier molecular flexibility index (Phi) is 6.84. The standard InChI is InChI=1S/C23H23N3O3/c1-29-21-13-11-20(12-14-21)26-23(28)18-7-9-19(10-8-18)24-16-22(27)25-15-17-5-3-2-4-6-17/h2-14,24H,15-16H2,1H3,(H,25,27)(H,26,28). The molecule has 0 atom stereocenters. The zero-order valence-corrected chi connectivity index (χ0v) is 16.1. The highest BCUT2D eigenvalue weighted by Gasteiger charge is 2.07. The molecule has 0 heterocycles. The van der Waals surface area contributed by atoms with Gasteiger partial charge in [-0.3, -0.25) is 9.59 Å². The SMILES string of the molecule is COc1ccc(NC(=O)c2ccc(NCC(=O)NCc3ccccc3)cc2)cc1. The molecular formula is C23H23N3O3. The summed E-state index contributed by atoms with van der Waals surface area (Å²) in [6, 6.07) is 23.8. The van der Waals surface area contributed by atoms with Crippen LogP contribution in [0.1, 0.15) is 15.9 Å². The molecule has 3 N–H and O–H groups in total. The lowest BCUT2D eigenvalue weighted by Gasteiger charge is -2.09. The molecule has 0 unspecified atom stereocenters. The van der Waals surface area contributed by atoms with E-state index in [1.54, 1.807) is 55.6 Å². The fraction of sp³-hybridized carbons (Fsp3) is 0.130. The first-order valence-corrected chi connectivity index (χ1v) is 9.24. The lowest BCUT2D eigenvalue weighted by Crippen LogP contribution is -2.29. The Labute approximate surface area is 169 Å². The summed E-state index contributed by atoms with van der Waals surface area (Å²) >= 11 is 0. The fourth-order valence-corrected chi connectivity index (χ4v) is 2.66. The van der Waals surface area contributed by atoms with Gasteiger partial charge in [0.15, 0.2) is 0 Å². The summed E-state index contributed by atoms with van der Waals surface area (Å²) < 4.78 is 5.10. The molecule has 0 aliphatic heterocycles. The van der Waals surface area contributed by atoms with Crippen LogP contribution in [0.3, 0.4) is 0 Å². The molecule has 3 aromatic carbocycles. The molecule has 0 spiro atoms. The van der Waals surface area contributed by atoms with Crippen molar-refractivity contribution < 1.29 is 14.3 Å². The minimum Gasteiger partial charge on any atom is -0.497 e. The third kappa shape index (κ3) is 6.10. The van der Waals surface area contributed by atoms with Crippen molar-refractivity contribution in [1.29, 1.82) is 0 Å². The molecule has 0 fully saturated rings. The summed E-state index contributed by atoms with van der Waals surface area (Å²) in [5.74, 6) is 0.420. The second-order valence-corrected chi connectivity index (χ2v) is 6.38. The van der Waals surface area contributed by atoms with Crippen molar-refractivity contribution in [2.45, 2.75) is 6.54 Å². The summed E-state index contributed by atoms with van der Waals surface area (Å²) in [7, 11) is 1.59. The molecule has 2 amide bonds. The summed E-state index contributed by atoms with van der Waals surface area (Å²) in [6.07, 6.45) is 0. The predicted octanol–water partition coefficient (Wildman–Crippen LogP) is 3.68. The largest absolute Gasteiger partial charge is 0.497 e. The van der Waals surface area contributed by atoms with Gasteiger partial charge in [-0.15, -0.1) is 0 Å². The van der Waals surface area contributed by atoms with Crippen LogP contribution in [-0.4, -0.2) is 25.5 Å². The summed E-state index contributed by atoms with van der Waals surface area (Å²) in [4.78, 5) is 24.3. The first-order valence-electron chi connectivity index (χ1n) is 9.24. The molecule has 0 aliphatic rings. The van der Waals surface area contributed by atoms with Crippen LogP contribution in [0.5, 0.6) is 5.75 Å². The number of nitrogens with one attached hydrogen (secondary N) is 3. The fourth-order valence-electron chi connectivity index (χ4n) is 2.66. The Morgan fingerprint density at radius 1 is 0.828 bits per heavy atom. The quantitative estimate of drug-likeness (QED) is 0.549. The van der Waals surface area contributed by atoms with E-state index in [4.69, 9.17) is 4.74 Å². The average Bonchev–Trinajstić information content (AvgIpc) is 2.78. The van der Waals surface area contributed by atoms with E-state index >= 15 is 0 Å². The van der Waals surface area contributed by atoms with E-state index in [9.17, 15) is 9.59 Å². The van der Waals surface area contributed by atoms with Gasteiger partial charge in [-0.25, -0.2) is 0 Å². The maximum atomic E-state index is 12.3. The minimum absolute atomic E-state index is 0.102. The maximum Gasteiger partial charge on any atom is 0.255 e. The Morgan fingerprint density at radius 3 is 2.14 bits per heavy atom. The Balaban J connectivity index is 1.46. The highest BCUT2D eigenvalue weighted by Crippen LogP contribution is 2.16. The van der Waals surface area contributed by atoms with Crippen molar-refractivity contribution in [3.05, 3.63) is 90.0 Å². The van der Waals surface area contributed by atoms with E-state index in [2.05, 4.69) is 16.0 Å². The molecule has 3 aromatic rings. The van der Waals surface area contributed by atoms with E-state index in [1.165, 1.54) is 0 Å². The van der Waals surface area contributed by atoms with Crippen LogP contribution in [0, 0.1) is 0 Å². The van der Waals surface area contributed by atoms with Gasteiger partial charge in [0.2, 0.25) is 5.91 Å². The van der Waals surface area contributed by atoms with E-state index < -0.39 is 0 Å². The number of rotatable bonds is 8. The van der Waals surface area contributed by atoms with Gasteiger partial charge in [-0.1, -0.05) is 30.3 Å². The smallest absolute Gasteiger partial charge is 0.255 e. The van der Waals surface area contributed by atoms with Crippen LogP contribution in [0.15, 0.2) is 78.9 Å². The molecule has 29 heavy (non-hydrogen) atoms. The van der Waals surface area contributed by atoms with Gasteiger partial charge >= 0.3 is 0 Å². The van der Waals surface area contributed by atoms with E-state index in [-0.39, 0.29) is 18.4 Å². The van der Waals surface area contributed by atoms with Crippen LogP contribution in [-0.2, 0) is 11.3 Å². The van der Waals surface area contributed by atoms with Crippen molar-refractivity contribution in [2.75, 3.05) is 24.3 Å². The van der Waals surface area contributed by atoms with Crippen molar-refractivity contribution >= 4 is 23.2 Å². The zero-order chi connectivity index (χ0) is 20.5. The second kappa shape index (κ2) is 9.94. The van der Waals surface area contributed by atoms with E-state index in [1.807, 2.05) is 30.3 Å². The number of hydrogen-bond donors (Lipinski definition) is 3. The van der Waals surface area contributed by atoms with Crippen LogP contribution in [0.2, 0.25) is 0 Å². The van der Waals surface area contributed by atoms with Gasteiger partial charge in [0.1, 0.15) is 5.75 Å². The van der Waals surface area contributed by atoms with Crippen molar-refractivity contribution in [3.8, 4) is 5.75 Å². The summed E-state index contributed by atoms with van der Waals surface area (Å²) in [5.41, 5.74) is 3.03. The minimum atomic E-state index is -0.206. The van der Waals surface area contributed by atoms with Crippen LogP contribution in [0.25, 0.3) is 0 Å². The first kappa shape index (κ1) is 19.9. The lowest BCUT2D eigenvalue weighted by atomic mass is 10.2. The van der Waals surface area contributed by atoms with E-state index in [0.29, 0.717) is 17.8 Å². The molecule has 6 heteroatoms. The number of carbonyl (C=O) groups excluding carboxylic acids is 2. The normalized spacial score (nSPS) is 10.1. The molecule has 0 bridgehead atoms. The number of hydrogen-bond acceptors (Lipinski definition) is 4. The average molecular weight is 389 g/mol. The molecule has 148 valence electrons. The Morgan fingerprint density at radius 2 is 1.48 bits per heavy atom. The number of amides is 2. The number of anilines is 2. The molecule has 0 aliphatic carbocycles. The third-order valence-electron chi connectivity index (χ3n) is 4.28. The zero-order valence-electron chi connectivity index (χ0n) is 16.1. The third-order valence-corrected chi connectivity index (χ3v) is 4.28. The van der Waals surface area contributed by atoms with Crippen molar-refractivity contribution in [2.24, 2.45) is 0 Å². The number of carbonyl (C=O) groups is 2. The van der Waals surface area contributed by atoms with E-state index in [0.717, 1.165) is 17.0 Å². The first-order chi connectivity index (χ1) is 14.1. The second-order valence-electron chi connectivity index (χ2n) is 6.38. The van der Waals surface area contributed by atoms with Crippen molar-refractivity contribution in [3.63, 3.8) is 0 Å². The highest BCUT2D eigenvalue weighted by atomic mass is 16.5. The Hall–Kier alpha value is -3.80. The van der Waals surface area contributed by atoms with Gasteiger partial charge < -0.3 is 20.7 Å². The maximum absolute atomic E-state index is 12.3. The van der Waals surface area contributed by atoms with Gasteiger partial charge in [0.05, 0.1) is 13.7 Å². The van der Waals surface area contributed by atoms with Gasteiger partial charge in [-0.2, -0.15) is 0 Å². The highest BCUT2D eigenvalue weighted by molar-refractivity contribution is 6.04. The van der Waals surface area contributed by atoms with Crippen molar-refractivity contribution in [1.82, 2.24) is 5.32 Å². The summed E-state index contributed by atoms with van der Waals surface area (Å²) in [5, 5.41) is 8.74. The topological polar surface area (TPSA) is 79.5 Å². The summed E-state index contributed by atoms with van der Waals surface area (Å²) in [6.45, 7) is 0.649. The van der Waals surface area contributed by atoms with Gasteiger partial charge in [0, 0.05) is 23.5 Å². The van der Waals surface area contributed by atoms with Crippen LogP contribution in [0.4, 0.5) is 11.4 Å². The van der Waals surface area contributed by atoms with Gasteiger partial charge in [-0.05, 0) is 54.1 Å².